The predicted molar refractivity (Wildman–Crippen MR) is 218 cm³/mol. The average molecular weight is 665 g/mol. The molecule has 0 unspecified atom stereocenters. The normalized spacial score (nSPS) is 11.5. The van der Waals surface area contributed by atoms with Crippen molar-refractivity contribution in [1.82, 2.24) is 4.98 Å². The van der Waals surface area contributed by atoms with Crippen molar-refractivity contribution >= 4 is 60.7 Å². The van der Waals surface area contributed by atoms with Crippen LogP contribution in [-0.4, -0.2) is 4.98 Å². The Kier molecular flexibility index (Phi) is 7.14. The predicted octanol–water partition coefficient (Wildman–Crippen LogP) is 13.8. The van der Waals surface area contributed by atoms with Crippen molar-refractivity contribution in [3.8, 4) is 33.4 Å². The van der Waals surface area contributed by atoms with E-state index in [2.05, 4.69) is 180 Å². The topological polar surface area (TPSA) is 29.3 Å². The number of anilines is 3. The molecule has 10 aromatic rings. The number of para-hydroxylation sites is 1. The van der Waals surface area contributed by atoms with Gasteiger partial charge in [0.15, 0.2) is 0 Å². The van der Waals surface area contributed by atoms with Gasteiger partial charge >= 0.3 is 0 Å². The quantitative estimate of drug-likeness (QED) is 0.166. The summed E-state index contributed by atoms with van der Waals surface area (Å²) in [7, 11) is 0. The molecule has 2 aromatic heterocycles. The van der Waals surface area contributed by atoms with E-state index in [1.807, 2.05) is 24.4 Å². The lowest BCUT2D eigenvalue weighted by Gasteiger charge is -2.26. The molecular formula is C49H32N2O. The summed E-state index contributed by atoms with van der Waals surface area (Å²) < 4.78 is 5.99. The summed E-state index contributed by atoms with van der Waals surface area (Å²) >= 11 is 0. The summed E-state index contributed by atoms with van der Waals surface area (Å²) in [5.74, 6) is 0. The maximum atomic E-state index is 5.99. The lowest BCUT2D eigenvalue weighted by molar-refractivity contribution is 0.654. The summed E-state index contributed by atoms with van der Waals surface area (Å²) in [4.78, 5) is 7.00. The lowest BCUT2D eigenvalue weighted by atomic mass is 9.93. The fraction of sp³-hybridized carbons (Fsp3) is 0. The van der Waals surface area contributed by atoms with Gasteiger partial charge in [0.25, 0.3) is 0 Å². The van der Waals surface area contributed by atoms with Crippen molar-refractivity contribution in [3.63, 3.8) is 0 Å². The van der Waals surface area contributed by atoms with E-state index in [1.54, 1.807) is 0 Å². The SMILES string of the molecule is c1ccc(-c2ccc(N(c3ccc(-c4cnc5oc6ccccc6c5c4)cc3)c3ccc(-c4cc5ccccc5c5ccccc45)cc3)cc2)cc1. The highest BCUT2D eigenvalue weighted by molar-refractivity contribution is 6.13. The van der Waals surface area contributed by atoms with Crippen LogP contribution in [0.2, 0.25) is 0 Å². The summed E-state index contributed by atoms with van der Waals surface area (Å²) in [6, 6.07) is 67.1. The van der Waals surface area contributed by atoms with Gasteiger partial charge in [0.1, 0.15) is 5.58 Å². The fourth-order valence-electron chi connectivity index (χ4n) is 7.53. The minimum atomic E-state index is 0.659. The van der Waals surface area contributed by atoms with Crippen LogP contribution in [0.5, 0.6) is 0 Å². The van der Waals surface area contributed by atoms with Gasteiger partial charge in [-0.25, -0.2) is 4.98 Å². The molecule has 2 heterocycles. The van der Waals surface area contributed by atoms with E-state index in [1.165, 1.54) is 43.8 Å². The van der Waals surface area contributed by atoms with Crippen LogP contribution in [0, 0.1) is 0 Å². The summed E-state index contributed by atoms with van der Waals surface area (Å²) in [5.41, 5.74) is 11.7. The second-order valence-electron chi connectivity index (χ2n) is 13.2. The number of pyridine rings is 1. The number of rotatable bonds is 6. The molecule has 0 spiro atoms. The number of aromatic nitrogens is 1. The first-order valence-electron chi connectivity index (χ1n) is 17.6. The number of hydrogen-bond donors (Lipinski definition) is 0. The van der Waals surface area contributed by atoms with Gasteiger partial charge in [-0.3, -0.25) is 0 Å². The molecule has 0 atom stereocenters. The van der Waals surface area contributed by atoms with Crippen LogP contribution in [0.15, 0.2) is 199 Å². The van der Waals surface area contributed by atoms with E-state index in [4.69, 9.17) is 4.42 Å². The fourth-order valence-corrected chi connectivity index (χ4v) is 7.53. The molecule has 0 aliphatic carbocycles. The third-order valence-corrected chi connectivity index (χ3v) is 10.1. The minimum Gasteiger partial charge on any atom is -0.438 e. The molecular weight excluding hydrogens is 633 g/mol. The van der Waals surface area contributed by atoms with E-state index in [0.717, 1.165) is 44.5 Å². The minimum absolute atomic E-state index is 0.659. The molecule has 52 heavy (non-hydrogen) atoms. The second kappa shape index (κ2) is 12.4. The molecule has 0 saturated heterocycles. The van der Waals surface area contributed by atoms with E-state index >= 15 is 0 Å². The molecule has 0 aliphatic rings. The van der Waals surface area contributed by atoms with Gasteiger partial charge in [0.05, 0.1) is 0 Å². The van der Waals surface area contributed by atoms with E-state index in [0.29, 0.717) is 5.71 Å². The Morgan fingerprint density at radius 3 is 1.58 bits per heavy atom. The highest BCUT2D eigenvalue weighted by atomic mass is 16.3. The zero-order chi connectivity index (χ0) is 34.4. The van der Waals surface area contributed by atoms with Crippen molar-refractivity contribution in [2.75, 3.05) is 4.90 Å². The van der Waals surface area contributed by atoms with Crippen LogP contribution >= 0.6 is 0 Å². The van der Waals surface area contributed by atoms with Gasteiger partial charge in [-0.15, -0.1) is 0 Å². The molecule has 3 nitrogen and oxygen atoms in total. The zero-order valence-electron chi connectivity index (χ0n) is 28.3. The number of nitrogens with zero attached hydrogens (tertiary/aromatic N) is 2. The van der Waals surface area contributed by atoms with Gasteiger partial charge in [-0.2, -0.15) is 0 Å². The van der Waals surface area contributed by atoms with Crippen LogP contribution in [0.1, 0.15) is 0 Å². The average Bonchev–Trinajstić information content (AvgIpc) is 3.60. The Balaban J connectivity index is 1.05. The van der Waals surface area contributed by atoms with E-state index < -0.39 is 0 Å². The van der Waals surface area contributed by atoms with Crippen molar-refractivity contribution in [3.05, 3.63) is 194 Å². The monoisotopic (exact) mass is 664 g/mol. The van der Waals surface area contributed by atoms with Gasteiger partial charge in [-0.05, 0) is 104 Å². The molecule has 0 fully saturated rings. The van der Waals surface area contributed by atoms with E-state index in [-0.39, 0.29) is 0 Å². The van der Waals surface area contributed by atoms with Crippen LogP contribution in [-0.2, 0) is 0 Å². The third-order valence-electron chi connectivity index (χ3n) is 10.1. The molecule has 0 N–H and O–H groups in total. The summed E-state index contributed by atoms with van der Waals surface area (Å²) in [6.45, 7) is 0. The number of fused-ring (bicyclic) bond motifs is 6. The van der Waals surface area contributed by atoms with Gasteiger partial charge < -0.3 is 9.32 Å². The first-order chi connectivity index (χ1) is 25.8. The molecule has 3 heteroatoms. The molecule has 0 saturated carbocycles. The van der Waals surface area contributed by atoms with Crippen LogP contribution in [0.25, 0.3) is 77.0 Å². The van der Waals surface area contributed by atoms with Crippen molar-refractivity contribution in [1.29, 1.82) is 0 Å². The number of furan rings is 1. The highest BCUT2D eigenvalue weighted by Crippen LogP contribution is 2.40. The lowest BCUT2D eigenvalue weighted by Crippen LogP contribution is -2.09. The zero-order valence-corrected chi connectivity index (χ0v) is 28.3. The second-order valence-corrected chi connectivity index (χ2v) is 13.2. The van der Waals surface area contributed by atoms with Gasteiger partial charge in [-0.1, -0.05) is 133 Å². The van der Waals surface area contributed by atoms with Crippen molar-refractivity contribution < 1.29 is 4.42 Å². The molecule has 0 aliphatic heterocycles. The van der Waals surface area contributed by atoms with Gasteiger partial charge in [0, 0.05) is 39.6 Å². The first-order valence-corrected chi connectivity index (χ1v) is 17.6. The van der Waals surface area contributed by atoms with Crippen molar-refractivity contribution in [2.45, 2.75) is 0 Å². The molecule has 0 radical (unpaired) electrons. The molecule has 0 bridgehead atoms. The van der Waals surface area contributed by atoms with Crippen LogP contribution in [0.4, 0.5) is 17.1 Å². The Morgan fingerprint density at radius 1 is 0.365 bits per heavy atom. The molecule has 10 rings (SSSR count). The third kappa shape index (κ3) is 5.19. The molecule has 8 aromatic carbocycles. The molecule has 244 valence electrons. The smallest absolute Gasteiger partial charge is 0.227 e. The Hall–Kier alpha value is -6.97. The van der Waals surface area contributed by atoms with Crippen LogP contribution in [0.3, 0.4) is 0 Å². The number of hydrogen-bond acceptors (Lipinski definition) is 3. The largest absolute Gasteiger partial charge is 0.438 e. The van der Waals surface area contributed by atoms with Crippen molar-refractivity contribution in [2.24, 2.45) is 0 Å². The molecule has 0 amide bonds. The standard InChI is InChI=1S/C49H32N2O/c1-2-10-33(11-3-1)34-18-24-39(25-19-34)51(40-26-20-35(21-27-40)38-31-47-45-16-8-9-17-48(45)52-49(47)50-32-38)41-28-22-36(23-29-41)46-30-37-12-4-5-13-42(37)43-14-6-7-15-44(43)46/h1-32H. The van der Waals surface area contributed by atoms with Gasteiger partial charge in [0.2, 0.25) is 5.71 Å². The summed E-state index contributed by atoms with van der Waals surface area (Å²) in [5, 5.41) is 7.16. The van der Waals surface area contributed by atoms with Crippen LogP contribution < -0.4 is 4.90 Å². The Bertz CT molecular complexity index is 2870. The highest BCUT2D eigenvalue weighted by Gasteiger charge is 2.16. The maximum Gasteiger partial charge on any atom is 0.227 e. The Morgan fingerprint density at radius 2 is 0.885 bits per heavy atom. The summed E-state index contributed by atoms with van der Waals surface area (Å²) in [6.07, 6.45) is 1.90. The Labute approximate surface area is 301 Å². The first kappa shape index (κ1) is 29.9. The van der Waals surface area contributed by atoms with E-state index in [9.17, 15) is 0 Å². The number of benzene rings is 8. The maximum absolute atomic E-state index is 5.99.